The lowest BCUT2D eigenvalue weighted by molar-refractivity contribution is 0.0791. The van der Waals surface area contributed by atoms with Crippen LogP contribution >= 0.6 is 0 Å². The number of aliphatic hydroxyl groups excluding tert-OH is 1. The number of nitrogens with zero attached hydrogens (tertiary/aromatic N) is 6. The first-order valence-corrected chi connectivity index (χ1v) is 21.8. The van der Waals surface area contributed by atoms with Crippen molar-refractivity contribution in [1.29, 1.82) is 0 Å². The van der Waals surface area contributed by atoms with E-state index in [9.17, 15) is 17.9 Å². The van der Waals surface area contributed by atoms with Gasteiger partial charge >= 0.3 is 0 Å². The van der Waals surface area contributed by atoms with Gasteiger partial charge in [0.15, 0.2) is 0 Å². The summed E-state index contributed by atoms with van der Waals surface area (Å²) in [5, 5.41) is 17.1. The van der Waals surface area contributed by atoms with Gasteiger partial charge in [-0.1, -0.05) is 38.2 Å². The van der Waals surface area contributed by atoms with Gasteiger partial charge in [0.05, 0.1) is 5.69 Å². The molecule has 1 aliphatic heterocycles. The number of aryl methyl sites for hydroxylation is 1. The van der Waals surface area contributed by atoms with E-state index in [1.807, 2.05) is 20.2 Å². The average molecular weight is 688 g/mol. The van der Waals surface area contributed by atoms with Gasteiger partial charge in [0, 0.05) is 58.7 Å². The maximum atomic E-state index is 14.2. The molecule has 5 rings (SSSR count). The van der Waals surface area contributed by atoms with Crippen molar-refractivity contribution >= 4 is 29.7 Å². The number of rotatable bonds is 16. The predicted octanol–water partition coefficient (Wildman–Crippen LogP) is 5.13. The van der Waals surface area contributed by atoms with Crippen LogP contribution in [-0.4, -0.2) is 97.5 Å². The van der Waals surface area contributed by atoms with E-state index in [-0.39, 0.29) is 29.9 Å². The van der Waals surface area contributed by atoms with Crippen molar-refractivity contribution in [3.8, 4) is 11.1 Å². The molecule has 0 radical (unpaired) electrons. The van der Waals surface area contributed by atoms with Crippen molar-refractivity contribution in [3.05, 3.63) is 47.5 Å². The molecule has 0 spiro atoms. The molecule has 11 nitrogen and oxygen atoms in total. The molecule has 14 heteroatoms. The van der Waals surface area contributed by atoms with Crippen LogP contribution in [0.25, 0.3) is 11.1 Å². The number of unbranched alkanes of at least 4 members (excludes halogenated alkanes) is 1. The van der Waals surface area contributed by atoms with Gasteiger partial charge in [-0.15, -0.1) is 5.10 Å². The van der Waals surface area contributed by atoms with Crippen LogP contribution in [0.1, 0.15) is 43.2 Å². The van der Waals surface area contributed by atoms with Crippen molar-refractivity contribution in [3.63, 3.8) is 0 Å². The fraction of sp³-hybridized carbons (Fsp3) is 0.606. The molecule has 2 aliphatic rings. The van der Waals surface area contributed by atoms with Crippen molar-refractivity contribution < 1.29 is 22.7 Å². The van der Waals surface area contributed by atoms with Crippen LogP contribution in [0.4, 0.5) is 16.0 Å². The van der Waals surface area contributed by atoms with Crippen molar-refractivity contribution in [2.45, 2.75) is 82.5 Å². The summed E-state index contributed by atoms with van der Waals surface area (Å²) in [7, 11) is -1.37. The minimum Gasteiger partial charge on any atom is -0.396 e. The molecule has 1 unspecified atom stereocenters. The molecule has 1 saturated heterocycles. The van der Waals surface area contributed by atoms with E-state index in [2.05, 4.69) is 51.0 Å². The summed E-state index contributed by atoms with van der Waals surface area (Å²) in [5.41, 5.74) is 4.30. The summed E-state index contributed by atoms with van der Waals surface area (Å²) in [6.07, 6.45) is 7.28. The van der Waals surface area contributed by atoms with Crippen LogP contribution in [-0.2, 0) is 34.3 Å². The van der Waals surface area contributed by atoms with Gasteiger partial charge in [-0.2, -0.15) is 13.7 Å². The first-order chi connectivity index (χ1) is 22.3. The standard InChI is InChI=1S/C33H50FN7O4SSi/c1-39(2)22-33(14-6-7-18-42)15-17-40(23-33)46(43,44)32-37-31(41(38-32)24-45-19-20-47(3,4)5)36-30-27-10-8-9-25(27)11-12-28(30)26-13-16-35-29(34)21-26/h11-13,16,21,42H,6-10,14-15,17-20,22-24H2,1-5H3,(H,36,37,38). The first-order valence-electron chi connectivity index (χ1n) is 16.6. The monoisotopic (exact) mass is 687 g/mol. The zero-order valence-electron chi connectivity index (χ0n) is 28.4. The van der Waals surface area contributed by atoms with Crippen LogP contribution < -0.4 is 5.32 Å². The fourth-order valence-electron chi connectivity index (χ4n) is 6.78. The molecule has 0 saturated carbocycles. The lowest BCUT2D eigenvalue weighted by Crippen LogP contribution is -2.38. The normalized spacial score (nSPS) is 18.7. The Morgan fingerprint density at radius 2 is 1.98 bits per heavy atom. The van der Waals surface area contributed by atoms with Gasteiger partial charge in [0.1, 0.15) is 6.73 Å². The average Bonchev–Trinajstić information content (AvgIpc) is 3.74. The Kier molecular flexibility index (Phi) is 11.2. The maximum Gasteiger partial charge on any atom is 0.284 e. The zero-order valence-corrected chi connectivity index (χ0v) is 30.2. The van der Waals surface area contributed by atoms with Crippen molar-refractivity contribution in [2.75, 3.05) is 52.3 Å². The quantitative estimate of drug-likeness (QED) is 0.120. The highest BCUT2D eigenvalue weighted by Gasteiger charge is 2.44. The van der Waals surface area contributed by atoms with Gasteiger partial charge < -0.3 is 20.1 Å². The Morgan fingerprint density at radius 1 is 1.17 bits per heavy atom. The topological polar surface area (TPSA) is 126 Å². The molecule has 3 heterocycles. The van der Waals surface area contributed by atoms with Gasteiger partial charge in [-0.05, 0) is 86.8 Å². The number of aromatic nitrogens is 4. The second kappa shape index (κ2) is 14.8. The molecule has 1 atom stereocenters. The molecule has 1 fully saturated rings. The molecule has 1 aromatic carbocycles. The molecule has 0 amide bonds. The van der Waals surface area contributed by atoms with E-state index in [0.717, 1.165) is 67.9 Å². The summed E-state index contributed by atoms with van der Waals surface area (Å²) in [6, 6.07) is 8.16. The second-order valence-corrected chi connectivity index (χ2v) is 22.0. The molecular formula is C33H50FN7O4SSi. The highest BCUT2D eigenvalue weighted by atomic mass is 32.2. The lowest BCUT2D eigenvalue weighted by atomic mass is 9.81. The molecule has 3 aromatic rings. The van der Waals surface area contributed by atoms with Gasteiger partial charge in [-0.25, -0.2) is 18.1 Å². The maximum absolute atomic E-state index is 14.2. The Labute approximate surface area is 279 Å². The molecule has 47 heavy (non-hydrogen) atoms. The molecule has 2 N–H and O–H groups in total. The van der Waals surface area contributed by atoms with Crippen LogP contribution in [0.3, 0.4) is 0 Å². The lowest BCUT2D eigenvalue weighted by Gasteiger charge is -2.32. The number of halogens is 1. The Balaban J connectivity index is 1.49. The number of sulfonamides is 1. The SMILES string of the molecule is CN(C)CC1(CCCCO)CCN(S(=O)(=O)c2nc(Nc3c(-c4ccnc(F)c4)ccc4c3CCC4)n(COCC[Si](C)(C)C)n2)C1. The van der Waals surface area contributed by atoms with Crippen molar-refractivity contribution in [2.24, 2.45) is 5.41 Å². The number of nitrogens with one attached hydrogen (secondary N) is 1. The minimum absolute atomic E-state index is 0.0370. The Morgan fingerprint density at radius 3 is 2.70 bits per heavy atom. The van der Waals surface area contributed by atoms with E-state index in [0.29, 0.717) is 31.7 Å². The number of hydrogen-bond donors (Lipinski definition) is 2. The van der Waals surface area contributed by atoms with E-state index < -0.39 is 24.0 Å². The third-order valence-electron chi connectivity index (χ3n) is 9.16. The van der Waals surface area contributed by atoms with E-state index >= 15 is 0 Å². The van der Waals surface area contributed by atoms with Gasteiger partial charge in [0.25, 0.3) is 15.2 Å². The largest absolute Gasteiger partial charge is 0.396 e. The summed E-state index contributed by atoms with van der Waals surface area (Å²) in [4.78, 5) is 10.5. The highest BCUT2D eigenvalue weighted by Crippen LogP contribution is 2.41. The van der Waals surface area contributed by atoms with Crippen LogP contribution in [0.2, 0.25) is 25.7 Å². The van der Waals surface area contributed by atoms with E-state index in [4.69, 9.17) is 4.74 Å². The third-order valence-corrected chi connectivity index (χ3v) is 12.5. The summed E-state index contributed by atoms with van der Waals surface area (Å²) in [5.74, 6) is -0.317. The third kappa shape index (κ3) is 8.65. The molecule has 258 valence electrons. The van der Waals surface area contributed by atoms with Crippen molar-refractivity contribution in [1.82, 2.24) is 29.0 Å². The van der Waals surface area contributed by atoms with E-state index in [1.165, 1.54) is 26.8 Å². The number of aliphatic hydroxyl groups is 1. The highest BCUT2D eigenvalue weighted by molar-refractivity contribution is 7.89. The molecular weight excluding hydrogens is 638 g/mol. The number of benzene rings is 1. The number of pyridine rings is 1. The van der Waals surface area contributed by atoms with Crippen LogP contribution in [0.5, 0.6) is 0 Å². The Bertz CT molecular complexity index is 1650. The fourth-order valence-corrected chi connectivity index (χ4v) is 8.95. The molecule has 0 bridgehead atoms. The summed E-state index contributed by atoms with van der Waals surface area (Å²) >= 11 is 0. The predicted molar refractivity (Wildman–Crippen MR) is 184 cm³/mol. The summed E-state index contributed by atoms with van der Waals surface area (Å²) < 4.78 is 51.6. The number of fused-ring (bicyclic) bond motifs is 1. The first kappa shape index (κ1) is 35.6. The van der Waals surface area contributed by atoms with E-state index in [1.54, 1.807) is 6.07 Å². The summed E-state index contributed by atoms with van der Waals surface area (Å²) in [6.45, 7) is 9.02. The smallest absolute Gasteiger partial charge is 0.284 e. The number of ether oxygens (including phenoxy) is 1. The number of hydrogen-bond acceptors (Lipinski definition) is 9. The van der Waals surface area contributed by atoms with Gasteiger partial charge in [0.2, 0.25) is 11.9 Å². The second-order valence-electron chi connectivity index (χ2n) is 14.5. The zero-order chi connectivity index (χ0) is 33.8. The Hall–Kier alpha value is -2.75. The van der Waals surface area contributed by atoms with Crippen LogP contribution in [0.15, 0.2) is 35.6 Å². The van der Waals surface area contributed by atoms with Crippen LogP contribution in [0, 0.1) is 11.4 Å². The molecule has 1 aliphatic carbocycles. The van der Waals surface area contributed by atoms with Gasteiger partial charge in [-0.3, -0.25) is 0 Å². The molecule has 2 aromatic heterocycles. The minimum atomic E-state index is -4.03. The number of anilines is 2.